The van der Waals surface area contributed by atoms with Crippen molar-refractivity contribution >= 4 is 17.7 Å². The molecule has 208 valence electrons. The minimum atomic E-state index is -0.0805. The molecule has 0 aromatic heterocycles. The van der Waals surface area contributed by atoms with Crippen molar-refractivity contribution in [2.24, 2.45) is 4.99 Å². The zero-order valence-electron chi connectivity index (χ0n) is 25.2. The Morgan fingerprint density at radius 1 is 1.05 bits per heavy atom. The van der Waals surface area contributed by atoms with Gasteiger partial charge < -0.3 is 15.5 Å². The Morgan fingerprint density at radius 3 is 1.73 bits per heavy atom. The van der Waals surface area contributed by atoms with Crippen LogP contribution in [0.3, 0.4) is 0 Å². The molecular formula is C32H52N2O3. The molecule has 2 aromatic rings. The summed E-state index contributed by atoms with van der Waals surface area (Å²) in [6.45, 7) is 26.8. The number of anilines is 1. The second-order valence-electron chi connectivity index (χ2n) is 8.82. The molecule has 2 rings (SSSR count). The third kappa shape index (κ3) is 18.6. The van der Waals surface area contributed by atoms with Gasteiger partial charge in [-0.3, -0.25) is 9.79 Å². The van der Waals surface area contributed by atoms with Crippen LogP contribution in [0.1, 0.15) is 85.4 Å². The number of Topliss-reactive ketones (excluding diaryl/α,β-unsaturated/α-hetero) is 1. The van der Waals surface area contributed by atoms with E-state index < -0.39 is 0 Å². The van der Waals surface area contributed by atoms with Crippen molar-refractivity contribution < 1.29 is 15.0 Å². The third-order valence-corrected chi connectivity index (χ3v) is 4.70. The second kappa shape index (κ2) is 21.9. The van der Waals surface area contributed by atoms with Gasteiger partial charge in [0.05, 0.1) is 5.70 Å². The van der Waals surface area contributed by atoms with Gasteiger partial charge in [-0.2, -0.15) is 0 Å². The lowest BCUT2D eigenvalue weighted by Crippen LogP contribution is -2.10. The van der Waals surface area contributed by atoms with Gasteiger partial charge in [-0.15, -0.1) is 6.58 Å². The Labute approximate surface area is 227 Å². The molecule has 0 saturated heterocycles. The van der Waals surface area contributed by atoms with E-state index in [9.17, 15) is 15.0 Å². The molecule has 0 spiro atoms. The minimum absolute atomic E-state index is 0.0741. The maximum absolute atomic E-state index is 10.3. The smallest absolute Gasteiger partial charge is 0.177 e. The summed E-state index contributed by atoms with van der Waals surface area (Å²) in [4.78, 5) is 14.0. The zero-order valence-corrected chi connectivity index (χ0v) is 25.2. The molecule has 0 radical (unpaired) electrons. The highest BCUT2D eigenvalue weighted by Crippen LogP contribution is 2.33. The SMILES string of the molecule is C=C(N=CC)C(C)=O.C=CCC.CC.CCc1ccc(C(C)(C)C)cc1.CNc1c(O)cc(C)cc1O. The van der Waals surface area contributed by atoms with Crippen LogP contribution in [0.25, 0.3) is 0 Å². The van der Waals surface area contributed by atoms with E-state index in [0.29, 0.717) is 11.4 Å². The summed E-state index contributed by atoms with van der Waals surface area (Å²) in [5, 5.41) is 21.2. The number of aryl methyl sites for hydroxylation is 2. The van der Waals surface area contributed by atoms with E-state index in [-0.39, 0.29) is 22.7 Å². The number of hydrogen-bond acceptors (Lipinski definition) is 5. The summed E-state index contributed by atoms with van der Waals surface area (Å²) < 4.78 is 0. The van der Waals surface area contributed by atoms with Gasteiger partial charge in [0, 0.05) is 20.2 Å². The summed E-state index contributed by atoms with van der Waals surface area (Å²) >= 11 is 0. The van der Waals surface area contributed by atoms with Crippen molar-refractivity contribution in [2.75, 3.05) is 12.4 Å². The first-order valence-electron chi connectivity index (χ1n) is 12.9. The first-order valence-corrected chi connectivity index (χ1v) is 12.9. The fourth-order valence-corrected chi connectivity index (χ4v) is 2.49. The predicted octanol–water partition coefficient (Wildman–Crippen LogP) is 8.78. The highest BCUT2D eigenvalue weighted by Gasteiger charge is 2.12. The molecule has 5 heteroatoms. The zero-order chi connectivity index (χ0) is 29.6. The number of carbonyl (C=O) groups excluding carboxylic acids is 1. The van der Waals surface area contributed by atoms with Crippen molar-refractivity contribution in [3.63, 3.8) is 0 Å². The predicted molar refractivity (Wildman–Crippen MR) is 164 cm³/mol. The maximum atomic E-state index is 10.3. The van der Waals surface area contributed by atoms with Gasteiger partial charge in [0.15, 0.2) is 5.78 Å². The first-order chi connectivity index (χ1) is 17.3. The molecule has 5 nitrogen and oxygen atoms in total. The van der Waals surface area contributed by atoms with Crippen molar-refractivity contribution in [2.45, 2.75) is 87.5 Å². The van der Waals surface area contributed by atoms with Crippen LogP contribution in [0.15, 0.2) is 66.3 Å². The standard InChI is InChI=1S/C12H18.C8H11NO2.C6H9NO.C4H8.C2H6/c1-5-10-6-8-11(9-7-10)12(2,3)4;1-5-3-6(10)8(9-2)7(11)4-5;1-4-7-5(2)6(3)8;1-3-4-2;1-2/h6-9H,5H2,1-4H3;3-4,9-11H,1-2H3;4H,2H2,1,3H3;3H,1,4H2,2H3;1-2H3. The molecule has 0 saturated carbocycles. The van der Waals surface area contributed by atoms with E-state index in [1.165, 1.54) is 18.1 Å². The van der Waals surface area contributed by atoms with E-state index in [0.717, 1.165) is 18.4 Å². The van der Waals surface area contributed by atoms with Gasteiger partial charge in [-0.05, 0) is 60.9 Å². The monoisotopic (exact) mass is 512 g/mol. The number of hydrogen-bond donors (Lipinski definition) is 3. The Kier molecular flexibility index (Phi) is 22.6. The lowest BCUT2D eigenvalue weighted by Gasteiger charge is -2.18. The molecule has 37 heavy (non-hydrogen) atoms. The lowest BCUT2D eigenvalue weighted by atomic mass is 9.86. The lowest BCUT2D eigenvalue weighted by molar-refractivity contribution is -0.113. The summed E-state index contributed by atoms with van der Waals surface area (Å²) in [6, 6.07) is 12.1. The van der Waals surface area contributed by atoms with Crippen molar-refractivity contribution in [1.82, 2.24) is 0 Å². The number of phenols is 2. The fourth-order valence-electron chi connectivity index (χ4n) is 2.49. The number of ketones is 1. The normalized spacial score (nSPS) is 9.59. The quantitative estimate of drug-likeness (QED) is 0.162. The van der Waals surface area contributed by atoms with Gasteiger partial charge in [0.1, 0.15) is 17.2 Å². The number of rotatable bonds is 5. The Bertz CT molecular complexity index is 914. The molecule has 0 unspecified atom stereocenters. The highest BCUT2D eigenvalue weighted by molar-refractivity contribution is 5.93. The molecule has 0 atom stereocenters. The van der Waals surface area contributed by atoms with Crippen LogP contribution in [-0.2, 0) is 16.6 Å². The van der Waals surface area contributed by atoms with Crippen LogP contribution in [0, 0.1) is 6.92 Å². The average Bonchev–Trinajstić information content (AvgIpc) is 2.85. The molecule has 0 fully saturated rings. The maximum Gasteiger partial charge on any atom is 0.177 e. The van der Waals surface area contributed by atoms with E-state index in [2.05, 4.69) is 82.4 Å². The van der Waals surface area contributed by atoms with Crippen LogP contribution >= 0.6 is 0 Å². The van der Waals surface area contributed by atoms with Crippen LogP contribution < -0.4 is 5.32 Å². The van der Waals surface area contributed by atoms with Crippen LogP contribution in [0.2, 0.25) is 0 Å². The van der Waals surface area contributed by atoms with Gasteiger partial charge >= 0.3 is 0 Å². The molecule has 0 aliphatic heterocycles. The topological polar surface area (TPSA) is 81.9 Å². The van der Waals surface area contributed by atoms with Crippen LogP contribution in [0.5, 0.6) is 11.5 Å². The summed E-state index contributed by atoms with van der Waals surface area (Å²) in [5.41, 5.74) is 4.64. The van der Waals surface area contributed by atoms with Crippen molar-refractivity contribution in [3.8, 4) is 11.5 Å². The first kappa shape index (κ1) is 38.2. The van der Waals surface area contributed by atoms with Gasteiger partial charge in [0.25, 0.3) is 0 Å². The number of phenolic OH excluding ortho intramolecular Hbond substituents is 2. The number of aliphatic imine (C=N–C) groups is 1. The Balaban J connectivity index is -0.000000430. The summed E-state index contributed by atoms with van der Waals surface area (Å²) in [6.07, 6.45) is 5.63. The summed E-state index contributed by atoms with van der Waals surface area (Å²) in [5.74, 6) is 0.0677. The van der Waals surface area contributed by atoms with Gasteiger partial charge in [0.2, 0.25) is 0 Å². The number of nitrogens with zero attached hydrogens (tertiary/aromatic N) is 1. The van der Waals surface area contributed by atoms with E-state index in [1.54, 1.807) is 39.2 Å². The Morgan fingerprint density at radius 2 is 1.49 bits per heavy atom. The largest absolute Gasteiger partial charge is 0.506 e. The molecule has 0 bridgehead atoms. The molecule has 0 aliphatic carbocycles. The number of nitrogens with one attached hydrogen (secondary N) is 1. The van der Waals surface area contributed by atoms with Gasteiger partial charge in [-0.25, -0.2) is 0 Å². The number of aromatic hydroxyl groups is 2. The van der Waals surface area contributed by atoms with Crippen molar-refractivity contribution in [1.29, 1.82) is 0 Å². The third-order valence-electron chi connectivity index (χ3n) is 4.70. The number of allylic oxidation sites excluding steroid dienone is 2. The Hall–Kier alpha value is -3.34. The molecular weight excluding hydrogens is 460 g/mol. The fraction of sp³-hybridized carbons (Fsp3) is 0.438. The van der Waals surface area contributed by atoms with E-state index in [1.807, 2.05) is 19.9 Å². The molecule has 3 N–H and O–H groups in total. The second-order valence-corrected chi connectivity index (χ2v) is 8.82. The highest BCUT2D eigenvalue weighted by atomic mass is 16.3. The average molecular weight is 513 g/mol. The number of carbonyl (C=O) groups is 1. The molecule has 0 amide bonds. The van der Waals surface area contributed by atoms with E-state index >= 15 is 0 Å². The minimum Gasteiger partial charge on any atom is -0.506 e. The van der Waals surface area contributed by atoms with Crippen molar-refractivity contribution in [3.05, 3.63) is 78.0 Å². The molecule has 0 heterocycles. The van der Waals surface area contributed by atoms with Crippen LogP contribution in [-0.4, -0.2) is 29.3 Å². The summed E-state index contributed by atoms with van der Waals surface area (Å²) in [7, 11) is 1.64. The van der Waals surface area contributed by atoms with Crippen LogP contribution in [0.4, 0.5) is 5.69 Å². The molecule has 0 aliphatic rings. The van der Waals surface area contributed by atoms with Gasteiger partial charge in [-0.1, -0.05) is 85.4 Å². The molecule has 2 aromatic carbocycles. The number of benzene rings is 2. The van der Waals surface area contributed by atoms with E-state index in [4.69, 9.17) is 0 Å².